The first-order chi connectivity index (χ1) is 16.5. The zero-order valence-electron chi connectivity index (χ0n) is 20.9. The molecule has 34 heavy (non-hydrogen) atoms. The summed E-state index contributed by atoms with van der Waals surface area (Å²) in [6, 6.07) is 12.5. The third-order valence-corrected chi connectivity index (χ3v) is 9.09. The Bertz CT molecular complexity index is 929. The van der Waals surface area contributed by atoms with Crippen LogP contribution in [0.2, 0.25) is 0 Å². The minimum atomic E-state index is -1.00. The molecular weight excluding hydrogens is 446 g/mol. The van der Waals surface area contributed by atoms with Crippen LogP contribution in [0.1, 0.15) is 51.6 Å². The van der Waals surface area contributed by atoms with Crippen LogP contribution in [-0.2, 0) is 11.0 Å². The fourth-order valence-electron chi connectivity index (χ4n) is 4.66. The van der Waals surface area contributed by atoms with Gasteiger partial charge in [-0.3, -0.25) is 0 Å². The van der Waals surface area contributed by atoms with E-state index in [-0.39, 0.29) is 4.75 Å². The molecule has 0 radical (unpaired) electrons. The molecule has 1 unspecified atom stereocenters. The van der Waals surface area contributed by atoms with Gasteiger partial charge >= 0.3 is 0 Å². The van der Waals surface area contributed by atoms with E-state index in [2.05, 4.69) is 62.4 Å². The normalized spacial score (nSPS) is 20.1. The number of piperidine rings is 1. The number of hydrogen-bond acceptors (Lipinski definition) is 6. The van der Waals surface area contributed by atoms with E-state index in [1.54, 1.807) is 0 Å². The molecule has 4 rings (SSSR count). The number of ether oxygens (including phenoxy) is 1. The van der Waals surface area contributed by atoms with Gasteiger partial charge in [-0.05, 0) is 75.9 Å². The number of hydrogen-bond donors (Lipinski definition) is 0. The summed E-state index contributed by atoms with van der Waals surface area (Å²) in [4.78, 5) is 4.68. The molecular formula is C26H39N5O2S. The number of nitrogens with zero attached hydrogens (tertiary/aromatic N) is 5. The fraction of sp³-hybridized carbons (Fsp3) is 0.615. The highest BCUT2D eigenvalue weighted by Crippen LogP contribution is 2.32. The van der Waals surface area contributed by atoms with E-state index < -0.39 is 11.0 Å². The van der Waals surface area contributed by atoms with E-state index >= 15 is 0 Å². The summed E-state index contributed by atoms with van der Waals surface area (Å²) in [5, 5.41) is 8.53. The number of benzene rings is 1. The van der Waals surface area contributed by atoms with Crippen molar-refractivity contribution in [1.82, 2.24) is 14.5 Å². The topological polar surface area (TPSA) is 61.8 Å². The van der Waals surface area contributed by atoms with Crippen LogP contribution in [0.5, 0.6) is 5.75 Å². The molecule has 0 bridgehead atoms. The first kappa shape index (κ1) is 24.9. The van der Waals surface area contributed by atoms with Crippen molar-refractivity contribution in [3.63, 3.8) is 0 Å². The zero-order valence-corrected chi connectivity index (χ0v) is 21.7. The molecule has 2 aromatic rings. The van der Waals surface area contributed by atoms with E-state index in [0.717, 1.165) is 95.2 Å². The van der Waals surface area contributed by atoms with E-state index in [9.17, 15) is 4.21 Å². The highest BCUT2D eigenvalue weighted by molar-refractivity contribution is 7.84. The highest BCUT2D eigenvalue weighted by atomic mass is 32.2. The van der Waals surface area contributed by atoms with Crippen LogP contribution in [0.15, 0.2) is 36.4 Å². The maximum atomic E-state index is 13.7. The lowest BCUT2D eigenvalue weighted by Gasteiger charge is -2.41. The second-order valence-corrected chi connectivity index (χ2v) is 11.7. The molecule has 0 saturated carbocycles. The second-order valence-electron chi connectivity index (χ2n) is 9.68. The van der Waals surface area contributed by atoms with Crippen molar-refractivity contribution in [2.75, 3.05) is 55.7 Å². The minimum Gasteiger partial charge on any atom is -0.494 e. The third kappa shape index (κ3) is 6.08. The Balaban J connectivity index is 1.30. The van der Waals surface area contributed by atoms with E-state index in [4.69, 9.17) is 4.74 Å². The smallest absolute Gasteiger partial charge is 0.151 e. The second kappa shape index (κ2) is 11.5. The molecule has 2 saturated heterocycles. The van der Waals surface area contributed by atoms with Gasteiger partial charge in [0.2, 0.25) is 0 Å². The monoisotopic (exact) mass is 485 g/mol. The van der Waals surface area contributed by atoms with Gasteiger partial charge in [0.15, 0.2) is 5.82 Å². The van der Waals surface area contributed by atoms with Gasteiger partial charge in [0, 0.05) is 45.0 Å². The van der Waals surface area contributed by atoms with Crippen LogP contribution in [-0.4, -0.2) is 69.3 Å². The molecule has 0 aliphatic carbocycles. The van der Waals surface area contributed by atoms with Crippen LogP contribution < -0.4 is 14.5 Å². The lowest BCUT2D eigenvalue weighted by Crippen LogP contribution is -2.50. The maximum absolute atomic E-state index is 13.7. The number of rotatable bonds is 8. The molecule has 0 spiro atoms. The summed E-state index contributed by atoms with van der Waals surface area (Å²) in [6.45, 7) is 12.4. The molecule has 2 aliphatic heterocycles. The van der Waals surface area contributed by atoms with Crippen molar-refractivity contribution in [3.8, 4) is 5.75 Å². The van der Waals surface area contributed by atoms with Crippen molar-refractivity contribution >= 4 is 22.5 Å². The van der Waals surface area contributed by atoms with E-state index in [1.165, 1.54) is 5.69 Å². The molecule has 3 heterocycles. The van der Waals surface area contributed by atoms with Gasteiger partial charge in [0.1, 0.15) is 16.7 Å². The third-order valence-electron chi connectivity index (χ3n) is 7.01. The van der Waals surface area contributed by atoms with Gasteiger partial charge in [-0.1, -0.05) is 13.3 Å². The summed E-state index contributed by atoms with van der Waals surface area (Å²) < 4.78 is 21.5. The average Bonchev–Trinajstić information content (AvgIpc) is 3.12. The standard InChI is InChI=1S/C26H39N5O2S/c1-4-5-21-33-24-10-8-23(9-11-24)29-15-6-16-31(20-19-29)34(32)26(3)13-17-30(18-14-26)25-12-7-22(2)27-28-25/h7-12H,4-6,13-21H2,1-3H3. The van der Waals surface area contributed by atoms with Crippen LogP contribution in [0, 0.1) is 6.92 Å². The zero-order chi connectivity index (χ0) is 24.0. The summed E-state index contributed by atoms with van der Waals surface area (Å²) in [6.07, 6.45) is 5.03. The Morgan fingerprint density at radius 3 is 2.38 bits per heavy atom. The summed E-state index contributed by atoms with van der Waals surface area (Å²) >= 11 is 0. The first-order valence-corrected chi connectivity index (χ1v) is 13.8. The molecule has 0 N–H and O–H groups in total. The van der Waals surface area contributed by atoms with Crippen molar-refractivity contribution in [1.29, 1.82) is 0 Å². The molecule has 1 aromatic heterocycles. The summed E-state index contributed by atoms with van der Waals surface area (Å²) in [5.74, 6) is 1.86. The predicted octanol–water partition coefficient (Wildman–Crippen LogP) is 4.20. The van der Waals surface area contributed by atoms with Crippen molar-refractivity contribution in [2.24, 2.45) is 0 Å². The highest BCUT2D eigenvalue weighted by Gasteiger charge is 2.39. The van der Waals surface area contributed by atoms with Gasteiger partial charge < -0.3 is 14.5 Å². The fourth-order valence-corrected chi connectivity index (χ4v) is 6.36. The molecule has 2 fully saturated rings. The van der Waals surface area contributed by atoms with E-state index in [0.29, 0.717) is 0 Å². The molecule has 1 aromatic carbocycles. The molecule has 2 aliphatic rings. The minimum absolute atomic E-state index is 0.193. The Kier molecular flexibility index (Phi) is 8.42. The molecule has 7 nitrogen and oxygen atoms in total. The van der Waals surface area contributed by atoms with Crippen LogP contribution in [0.4, 0.5) is 11.5 Å². The Morgan fingerprint density at radius 1 is 0.941 bits per heavy atom. The first-order valence-electron chi connectivity index (χ1n) is 12.7. The quantitative estimate of drug-likeness (QED) is 0.522. The van der Waals surface area contributed by atoms with Crippen LogP contribution in [0.3, 0.4) is 0 Å². The van der Waals surface area contributed by atoms with E-state index in [1.807, 2.05) is 19.1 Å². The van der Waals surface area contributed by atoms with Crippen LogP contribution >= 0.6 is 0 Å². The summed E-state index contributed by atoms with van der Waals surface area (Å²) in [7, 11) is -1.00. The van der Waals surface area contributed by atoms with Gasteiger partial charge in [0.05, 0.1) is 17.0 Å². The lowest BCUT2D eigenvalue weighted by molar-refractivity contribution is 0.309. The molecule has 0 amide bonds. The van der Waals surface area contributed by atoms with Gasteiger partial charge in [-0.15, -0.1) is 5.10 Å². The predicted molar refractivity (Wildman–Crippen MR) is 140 cm³/mol. The molecule has 8 heteroatoms. The summed E-state index contributed by atoms with van der Waals surface area (Å²) in [5.41, 5.74) is 2.15. The van der Waals surface area contributed by atoms with Crippen LogP contribution in [0.25, 0.3) is 0 Å². The Hall–Kier alpha value is -2.19. The van der Waals surface area contributed by atoms with Gasteiger partial charge in [-0.2, -0.15) is 5.10 Å². The largest absolute Gasteiger partial charge is 0.494 e. The van der Waals surface area contributed by atoms with Crippen molar-refractivity contribution in [3.05, 3.63) is 42.1 Å². The number of aromatic nitrogens is 2. The Morgan fingerprint density at radius 2 is 1.71 bits per heavy atom. The lowest BCUT2D eigenvalue weighted by atomic mass is 9.98. The van der Waals surface area contributed by atoms with Gasteiger partial charge in [0.25, 0.3) is 0 Å². The molecule has 1 atom stereocenters. The van der Waals surface area contributed by atoms with Crippen molar-refractivity contribution < 1.29 is 8.95 Å². The molecule has 186 valence electrons. The number of unbranched alkanes of at least 4 members (excludes halogenated alkanes) is 1. The Labute approximate surface area is 207 Å². The maximum Gasteiger partial charge on any atom is 0.151 e. The van der Waals surface area contributed by atoms with Crippen molar-refractivity contribution in [2.45, 2.75) is 57.6 Å². The number of aryl methyl sites for hydroxylation is 1. The average molecular weight is 486 g/mol. The van der Waals surface area contributed by atoms with Gasteiger partial charge in [-0.25, -0.2) is 8.51 Å². The number of anilines is 2. The SMILES string of the molecule is CCCCOc1ccc(N2CCCN(S(=O)C3(C)CCN(c4ccc(C)nn4)CC3)CC2)cc1.